The highest BCUT2D eigenvalue weighted by atomic mass is 16.2. The molecule has 1 aromatic rings. The summed E-state index contributed by atoms with van der Waals surface area (Å²) in [4.78, 5) is 16.9. The molecule has 2 aliphatic rings. The summed E-state index contributed by atoms with van der Waals surface area (Å²) in [5.41, 5.74) is 0. The van der Waals surface area contributed by atoms with Crippen LogP contribution in [0.3, 0.4) is 0 Å². The first-order valence-electron chi connectivity index (χ1n) is 6.73. The van der Waals surface area contributed by atoms with Crippen molar-refractivity contribution in [2.75, 3.05) is 13.1 Å². The number of nitrogens with zero attached hydrogens (tertiary/aromatic N) is 4. The first-order chi connectivity index (χ1) is 8.66. The number of likely N-dealkylation sites (tertiary alicyclic amines) is 1. The molecule has 0 spiro atoms. The van der Waals surface area contributed by atoms with Crippen molar-refractivity contribution in [1.82, 2.24) is 19.6 Å². The van der Waals surface area contributed by atoms with Gasteiger partial charge in [-0.2, -0.15) is 9.78 Å². The molecule has 1 aromatic heterocycles. The quantitative estimate of drug-likeness (QED) is 0.754. The van der Waals surface area contributed by atoms with Gasteiger partial charge in [-0.3, -0.25) is 4.90 Å². The molecule has 5 heteroatoms. The summed E-state index contributed by atoms with van der Waals surface area (Å²) in [6.07, 6.45) is 5.64. The number of amides is 1. The molecule has 0 N–H and O–H groups in total. The van der Waals surface area contributed by atoms with Gasteiger partial charge < -0.3 is 4.90 Å². The van der Waals surface area contributed by atoms with Crippen molar-refractivity contribution in [2.24, 2.45) is 0 Å². The largest absolute Gasteiger partial charge is 0.345 e. The summed E-state index contributed by atoms with van der Waals surface area (Å²) in [6, 6.07) is 3.13. The van der Waals surface area contributed by atoms with Gasteiger partial charge in [0.05, 0.1) is 0 Å². The number of carbonyl (C=O) groups is 1. The average molecular weight is 248 g/mol. The van der Waals surface area contributed by atoms with Crippen molar-refractivity contribution in [2.45, 2.75) is 44.8 Å². The summed E-state index contributed by atoms with van der Waals surface area (Å²) in [5, 5.41) is 4.05. The fourth-order valence-corrected chi connectivity index (χ4v) is 3.17. The Morgan fingerprint density at radius 1 is 1.28 bits per heavy atom. The standard InChI is InChI=1S/C13H20N4O/c1-10(2)15-8-11-4-5-12(9-15)17(11)13(18)16-7-3-6-14-16/h3,6-7,10-12H,4-5,8-9H2,1-2H3. The Balaban J connectivity index is 1.78. The lowest BCUT2D eigenvalue weighted by Gasteiger charge is -2.42. The molecule has 2 aliphatic heterocycles. The fraction of sp³-hybridized carbons (Fsp3) is 0.692. The van der Waals surface area contributed by atoms with Crippen LogP contribution in [0.5, 0.6) is 0 Å². The normalized spacial score (nSPS) is 28.1. The van der Waals surface area contributed by atoms with Crippen molar-refractivity contribution < 1.29 is 4.79 Å². The van der Waals surface area contributed by atoms with Crippen LogP contribution in [0.25, 0.3) is 0 Å². The van der Waals surface area contributed by atoms with Crippen LogP contribution in [0.2, 0.25) is 0 Å². The van der Waals surface area contributed by atoms with Gasteiger partial charge in [-0.15, -0.1) is 0 Å². The van der Waals surface area contributed by atoms with Crippen LogP contribution in [-0.2, 0) is 0 Å². The number of aromatic nitrogens is 2. The van der Waals surface area contributed by atoms with E-state index in [1.165, 1.54) is 4.68 Å². The van der Waals surface area contributed by atoms with Gasteiger partial charge in [0.2, 0.25) is 0 Å². The van der Waals surface area contributed by atoms with E-state index in [4.69, 9.17) is 0 Å². The Hall–Kier alpha value is -1.36. The SMILES string of the molecule is CC(C)N1CC2CCC(C1)N2C(=O)n1cccn1. The van der Waals surface area contributed by atoms with Crippen molar-refractivity contribution in [3.8, 4) is 0 Å². The zero-order valence-electron chi connectivity index (χ0n) is 11.0. The second-order valence-electron chi connectivity index (χ2n) is 5.57. The van der Waals surface area contributed by atoms with Crippen molar-refractivity contribution in [3.63, 3.8) is 0 Å². The number of carbonyl (C=O) groups excluding carboxylic acids is 1. The molecule has 0 aliphatic carbocycles. The lowest BCUT2D eigenvalue weighted by Crippen LogP contribution is -2.58. The molecule has 2 bridgehead atoms. The maximum Gasteiger partial charge on any atom is 0.345 e. The van der Waals surface area contributed by atoms with Gasteiger partial charge >= 0.3 is 6.03 Å². The minimum atomic E-state index is 0.0379. The van der Waals surface area contributed by atoms with Crippen LogP contribution in [0, 0.1) is 0 Å². The first kappa shape index (κ1) is 11.7. The van der Waals surface area contributed by atoms with E-state index < -0.39 is 0 Å². The van der Waals surface area contributed by atoms with E-state index >= 15 is 0 Å². The lowest BCUT2D eigenvalue weighted by atomic mass is 10.1. The minimum absolute atomic E-state index is 0.0379. The number of fused-ring (bicyclic) bond motifs is 2. The maximum atomic E-state index is 12.4. The molecule has 1 amide bonds. The summed E-state index contributed by atoms with van der Waals surface area (Å²) in [5.74, 6) is 0. The molecule has 3 rings (SSSR count). The van der Waals surface area contributed by atoms with Gasteiger partial charge in [0.1, 0.15) is 0 Å². The zero-order valence-corrected chi connectivity index (χ0v) is 11.0. The zero-order chi connectivity index (χ0) is 12.7. The Morgan fingerprint density at radius 2 is 1.94 bits per heavy atom. The van der Waals surface area contributed by atoms with Crippen molar-refractivity contribution >= 4 is 6.03 Å². The first-order valence-corrected chi connectivity index (χ1v) is 6.73. The second-order valence-corrected chi connectivity index (χ2v) is 5.57. The molecule has 18 heavy (non-hydrogen) atoms. The fourth-order valence-electron chi connectivity index (χ4n) is 3.17. The molecule has 0 radical (unpaired) electrons. The van der Waals surface area contributed by atoms with E-state index in [9.17, 15) is 4.79 Å². The Kier molecular flexibility index (Phi) is 2.86. The van der Waals surface area contributed by atoms with Crippen LogP contribution in [-0.4, -0.2) is 56.8 Å². The second kappa shape index (κ2) is 4.39. The highest BCUT2D eigenvalue weighted by molar-refractivity contribution is 5.77. The van der Waals surface area contributed by atoms with E-state index in [2.05, 4.69) is 23.8 Å². The van der Waals surface area contributed by atoms with Crippen molar-refractivity contribution in [1.29, 1.82) is 0 Å². The summed E-state index contributed by atoms with van der Waals surface area (Å²) in [7, 11) is 0. The molecule has 0 saturated carbocycles. The van der Waals surface area contributed by atoms with Crippen LogP contribution in [0.1, 0.15) is 26.7 Å². The highest BCUT2D eigenvalue weighted by Crippen LogP contribution is 2.31. The van der Waals surface area contributed by atoms with Crippen LogP contribution in [0.15, 0.2) is 18.5 Å². The van der Waals surface area contributed by atoms with E-state index in [0.717, 1.165) is 25.9 Å². The predicted octanol–water partition coefficient (Wildman–Crippen LogP) is 1.41. The Labute approximate surface area is 107 Å². The molecule has 2 unspecified atom stereocenters. The number of rotatable bonds is 1. The summed E-state index contributed by atoms with van der Waals surface area (Å²) >= 11 is 0. The monoisotopic (exact) mass is 248 g/mol. The molecule has 2 saturated heterocycles. The van der Waals surface area contributed by atoms with Crippen LogP contribution in [0.4, 0.5) is 4.79 Å². The van der Waals surface area contributed by atoms with E-state index in [1.807, 2.05) is 4.90 Å². The highest BCUT2D eigenvalue weighted by Gasteiger charge is 2.43. The molecular weight excluding hydrogens is 228 g/mol. The number of piperazine rings is 1. The van der Waals surface area contributed by atoms with Gasteiger partial charge in [0.15, 0.2) is 0 Å². The molecule has 5 nitrogen and oxygen atoms in total. The molecule has 98 valence electrons. The van der Waals surface area contributed by atoms with Crippen molar-refractivity contribution in [3.05, 3.63) is 18.5 Å². The van der Waals surface area contributed by atoms with Gasteiger partial charge in [-0.25, -0.2) is 4.79 Å². The number of hydrogen-bond donors (Lipinski definition) is 0. The third-order valence-electron chi connectivity index (χ3n) is 4.16. The summed E-state index contributed by atoms with van der Waals surface area (Å²) < 4.78 is 1.45. The predicted molar refractivity (Wildman–Crippen MR) is 68.4 cm³/mol. The molecule has 2 atom stereocenters. The molecule has 0 aromatic carbocycles. The maximum absolute atomic E-state index is 12.4. The van der Waals surface area contributed by atoms with E-state index in [1.54, 1.807) is 18.5 Å². The summed E-state index contributed by atoms with van der Waals surface area (Å²) in [6.45, 7) is 6.46. The lowest BCUT2D eigenvalue weighted by molar-refractivity contribution is 0.0700. The molecular formula is C13H20N4O. The molecule has 3 heterocycles. The average Bonchev–Trinajstić information content (AvgIpc) is 2.95. The topological polar surface area (TPSA) is 41.4 Å². The third-order valence-corrected chi connectivity index (χ3v) is 4.16. The van der Waals surface area contributed by atoms with Gasteiger partial charge in [0.25, 0.3) is 0 Å². The van der Waals surface area contributed by atoms with E-state index in [-0.39, 0.29) is 6.03 Å². The van der Waals surface area contributed by atoms with Gasteiger partial charge in [-0.1, -0.05) is 0 Å². The Bertz CT molecular complexity index is 414. The third kappa shape index (κ3) is 1.82. The van der Waals surface area contributed by atoms with Gasteiger partial charge in [-0.05, 0) is 32.8 Å². The smallest absolute Gasteiger partial charge is 0.314 e. The number of hydrogen-bond acceptors (Lipinski definition) is 3. The van der Waals surface area contributed by atoms with Gasteiger partial charge in [0, 0.05) is 43.6 Å². The van der Waals surface area contributed by atoms with Crippen LogP contribution >= 0.6 is 0 Å². The molecule has 2 fully saturated rings. The van der Waals surface area contributed by atoms with E-state index in [0.29, 0.717) is 18.1 Å². The minimum Gasteiger partial charge on any atom is -0.314 e. The van der Waals surface area contributed by atoms with Crippen LogP contribution < -0.4 is 0 Å². The Morgan fingerprint density at radius 3 is 2.44 bits per heavy atom.